The van der Waals surface area contributed by atoms with Crippen LogP contribution in [0.1, 0.15) is 25.8 Å². The van der Waals surface area contributed by atoms with Crippen LogP contribution in [0.4, 0.5) is 0 Å². The Morgan fingerprint density at radius 2 is 2.28 bits per heavy atom. The SMILES string of the molecule is CCCNCc1cc(Br)ccc1OC/C(C)=C/Cl. The van der Waals surface area contributed by atoms with Gasteiger partial charge in [0.15, 0.2) is 0 Å². The molecule has 0 saturated carbocycles. The second-order valence-electron chi connectivity index (χ2n) is 4.17. The van der Waals surface area contributed by atoms with Crippen LogP contribution in [0.25, 0.3) is 0 Å². The van der Waals surface area contributed by atoms with Crippen LogP contribution >= 0.6 is 27.5 Å². The molecule has 0 aliphatic rings. The zero-order chi connectivity index (χ0) is 13.4. The number of ether oxygens (including phenoxy) is 1. The lowest BCUT2D eigenvalue weighted by atomic mass is 10.2. The van der Waals surface area contributed by atoms with E-state index in [0.29, 0.717) is 6.61 Å². The minimum Gasteiger partial charge on any atom is -0.489 e. The van der Waals surface area contributed by atoms with Gasteiger partial charge in [0.05, 0.1) is 0 Å². The fourth-order valence-corrected chi connectivity index (χ4v) is 1.92. The molecule has 1 aromatic rings. The Morgan fingerprint density at radius 1 is 1.50 bits per heavy atom. The van der Waals surface area contributed by atoms with E-state index in [-0.39, 0.29) is 0 Å². The summed E-state index contributed by atoms with van der Waals surface area (Å²) in [4.78, 5) is 0. The second-order valence-corrected chi connectivity index (χ2v) is 5.31. The van der Waals surface area contributed by atoms with Gasteiger partial charge in [0, 0.05) is 22.1 Å². The minimum atomic E-state index is 0.520. The van der Waals surface area contributed by atoms with E-state index in [1.165, 1.54) is 0 Å². The fourth-order valence-electron chi connectivity index (χ4n) is 1.45. The van der Waals surface area contributed by atoms with Crippen molar-refractivity contribution < 1.29 is 4.74 Å². The number of hydrogen-bond acceptors (Lipinski definition) is 2. The molecule has 1 rings (SSSR count). The highest BCUT2D eigenvalue weighted by molar-refractivity contribution is 9.10. The third-order valence-electron chi connectivity index (χ3n) is 2.41. The Morgan fingerprint density at radius 3 is 2.94 bits per heavy atom. The summed E-state index contributed by atoms with van der Waals surface area (Å²) in [7, 11) is 0. The average molecular weight is 333 g/mol. The molecule has 0 heterocycles. The van der Waals surface area contributed by atoms with Gasteiger partial charge in [-0.05, 0) is 43.7 Å². The lowest BCUT2D eigenvalue weighted by Crippen LogP contribution is -2.15. The van der Waals surface area contributed by atoms with Crippen LogP contribution < -0.4 is 10.1 Å². The smallest absolute Gasteiger partial charge is 0.124 e. The van der Waals surface area contributed by atoms with Crippen molar-refractivity contribution in [3.63, 3.8) is 0 Å². The van der Waals surface area contributed by atoms with Crippen LogP contribution in [0.2, 0.25) is 0 Å². The molecule has 0 atom stereocenters. The van der Waals surface area contributed by atoms with E-state index in [2.05, 4.69) is 34.2 Å². The molecule has 4 heteroatoms. The first kappa shape index (κ1) is 15.5. The molecule has 0 amide bonds. The lowest BCUT2D eigenvalue weighted by molar-refractivity contribution is 0.347. The normalized spacial score (nSPS) is 11.7. The van der Waals surface area contributed by atoms with Gasteiger partial charge < -0.3 is 10.1 Å². The molecule has 2 nitrogen and oxygen atoms in total. The molecule has 1 aromatic carbocycles. The largest absolute Gasteiger partial charge is 0.489 e. The topological polar surface area (TPSA) is 21.3 Å². The zero-order valence-corrected chi connectivity index (χ0v) is 13.1. The average Bonchev–Trinajstić information content (AvgIpc) is 2.37. The molecule has 100 valence electrons. The molecule has 0 aromatic heterocycles. The van der Waals surface area contributed by atoms with Crippen molar-refractivity contribution >= 4 is 27.5 Å². The number of rotatable bonds is 7. The molecule has 0 unspecified atom stereocenters. The minimum absolute atomic E-state index is 0.520. The Kier molecular flexibility index (Phi) is 7.40. The van der Waals surface area contributed by atoms with Gasteiger partial charge in [0.25, 0.3) is 0 Å². The van der Waals surface area contributed by atoms with E-state index < -0.39 is 0 Å². The standard InChI is InChI=1S/C14H19BrClNO/c1-3-6-17-9-12-7-13(15)4-5-14(12)18-10-11(2)8-16/h4-5,7-8,17H,3,6,9-10H2,1-2H3/b11-8+. The Bertz CT molecular complexity index is 407. The van der Waals surface area contributed by atoms with Crippen molar-refractivity contribution in [1.82, 2.24) is 5.32 Å². The second kappa shape index (κ2) is 8.57. The van der Waals surface area contributed by atoms with Crippen LogP contribution in [0, 0.1) is 0 Å². The van der Waals surface area contributed by atoms with Crippen LogP contribution in [-0.2, 0) is 6.54 Å². The summed E-state index contributed by atoms with van der Waals surface area (Å²) in [5.74, 6) is 0.902. The predicted molar refractivity (Wildman–Crippen MR) is 81.2 cm³/mol. The molecular formula is C14H19BrClNO. The summed E-state index contributed by atoms with van der Waals surface area (Å²) < 4.78 is 6.82. The van der Waals surface area contributed by atoms with Crippen molar-refractivity contribution in [2.24, 2.45) is 0 Å². The highest BCUT2D eigenvalue weighted by atomic mass is 79.9. The first-order chi connectivity index (χ1) is 8.67. The van der Waals surface area contributed by atoms with E-state index >= 15 is 0 Å². The van der Waals surface area contributed by atoms with Crippen molar-refractivity contribution in [3.8, 4) is 5.75 Å². The molecule has 18 heavy (non-hydrogen) atoms. The van der Waals surface area contributed by atoms with Crippen LogP contribution in [0.15, 0.2) is 33.8 Å². The molecule has 0 saturated heterocycles. The monoisotopic (exact) mass is 331 g/mol. The van der Waals surface area contributed by atoms with Crippen LogP contribution in [0.3, 0.4) is 0 Å². The molecule has 1 N–H and O–H groups in total. The Labute approximate surface area is 122 Å². The summed E-state index contributed by atoms with van der Waals surface area (Å²) in [6.07, 6.45) is 1.12. The predicted octanol–water partition coefficient (Wildman–Crippen LogP) is 4.47. The number of nitrogens with one attached hydrogen (secondary N) is 1. The van der Waals surface area contributed by atoms with E-state index in [1.807, 2.05) is 19.1 Å². The van der Waals surface area contributed by atoms with E-state index in [4.69, 9.17) is 16.3 Å². The van der Waals surface area contributed by atoms with E-state index in [0.717, 1.165) is 40.9 Å². The van der Waals surface area contributed by atoms with Gasteiger partial charge in [-0.1, -0.05) is 34.5 Å². The Hall–Kier alpha value is -0.510. The van der Waals surface area contributed by atoms with Gasteiger partial charge in [-0.2, -0.15) is 0 Å². The molecule has 0 aliphatic heterocycles. The Balaban J connectivity index is 2.69. The molecule has 0 bridgehead atoms. The maximum Gasteiger partial charge on any atom is 0.124 e. The summed E-state index contributed by atoms with van der Waals surface area (Å²) in [5.41, 5.74) is 3.71. The first-order valence-corrected chi connectivity index (χ1v) is 7.28. The van der Waals surface area contributed by atoms with Crippen LogP contribution in [0.5, 0.6) is 5.75 Å². The summed E-state index contributed by atoms with van der Waals surface area (Å²) in [6.45, 7) is 6.44. The molecule has 0 spiro atoms. The van der Waals surface area contributed by atoms with Gasteiger partial charge in [0.2, 0.25) is 0 Å². The maximum absolute atomic E-state index is 5.76. The first-order valence-electron chi connectivity index (χ1n) is 6.05. The van der Waals surface area contributed by atoms with Crippen molar-refractivity contribution in [3.05, 3.63) is 39.3 Å². The van der Waals surface area contributed by atoms with E-state index in [9.17, 15) is 0 Å². The molecule has 0 radical (unpaired) electrons. The third-order valence-corrected chi connectivity index (χ3v) is 3.27. The molecule has 0 fully saturated rings. The van der Waals surface area contributed by atoms with E-state index in [1.54, 1.807) is 5.54 Å². The van der Waals surface area contributed by atoms with Crippen molar-refractivity contribution in [2.75, 3.05) is 13.2 Å². The van der Waals surface area contributed by atoms with Gasteiger partial charge >= 0.3 is 0 Å². The molecular weight excluding hydrogens is 314 g/mol. The van der Waals surface area contributed by atoms with Gasteiger partial charge in [-0.15, -0.1) is 0 Å². The van der Waals surface area contributed by atoms with Crippen molar-refractivity contribution in [1.29, 1.82) is 0 Å². The summed E-state index contributed by atoms with van der Waals surface area (Å²) >= 11 is 9.11. The lowest BCUT2D eigenvalue weighted by Gasteiger charge is -2.12. The van der Waals surface area contributed by atoms with Crippen molar-refractivity contribution in [2.45, 2.75) is 26.8 Å². The van der Waals surface area contributed by atoms with Gasteiger partial charge in [-0.3, -0.25) is 0 Å². The molecule has 0 aliphatic carbocycles. The summed E-state index contributed by atoms with van der Waals surface area (Å²) in [5, 5.41) is 3.38. The third kappa shape index (κ3) is 5.42. The maximum atomic E-state index is 5.76. The zero-order valence-electron chi connectivity index (χ0n) is 10.8. The number of hydrogen-bond donors (Lipinski definition) is 1. The number of halogens is 2. The fraction of sp³-hybridized carbons (Fsp3) is 0.429. The quantitative estimate of drug-likeness (QED) is 0.744. The number of benzene rings is 1. The highest BCUT2D eigenvalue weighted by Crippen LogP contribution is 2.23. The van der Waals surface area contributed by atoms with Crippen LogP contribution in [-0.4, -0.2) is 13.2 Å². The summed E-state index contributed by atoms with van der Waals surface area (Å²) in [6, 6.07) is 6.05. The van der Waals surface area contributed by atoms with Gasteiger partial charge in [-0.25, -0.2) is 0 Å². The van der Waals surface area contributed by atoms with Gasteiger partial charge in [0.1, 0.15) is 12.4 Å². The highest BCUT2D eigenvalue weighted by Gasteiger charge is 2.04.